The maximum Gasteiger partial charge on any atom is 0.221 e. The summed E-state index contributed by atoms with van der Waals surface area (Å²) in [4.78, 5) is 18.4. The van der Waals surface area contributed by atoms with Gasteiger partial charge in [-0.3, -0.25) is 4.79 Å². The molecular weight excluding hydrogens is 369 g/mol. The number of halogens is 1. The van der Waals surface area contributed by atoms with Crippen LogP contribution >= 0.6 is 0 Å². The van der Waals surface area contributed by atoms with Gasteiger partial charge in [0.15, 0.2) is 0 Å². The summed E-state index contributed by atoms with van der Waals surface area (Å²) in [7, 11) is 0. The Kier molecular flexibility index (Phi) is 4.83. The molecular formula is C23H18FN3O2. The monoisotopic (exact) mass is 387 g/mol. The molecule has 0 aliphatic heterocycles. The van der Waals surface area contributed by atoms with Crippen LogP contribution in [0, 0.1) is 5.82 Å². The van der Waals surface area contributed by atoms with Crippen molar-refractivity contribution >= 4 is 11.6 Å². The number of phenolic OH excluding ortho intramolecular Hbond substituents is 1. The number of aromatic hydroxyl groups is 1. The van der Waals surface area contributed by atoms with E-state index in [1.807, 2.05) is 36.4 Å². The molecule has 1 aromatic heterocycles. The molecule has 0 aliphatic rings. The molecule has 144 valence electrons. The molecule has 0 spiro atoms. The van der Waals surface area contributed by atoms with E-state index >= 15 is 0 Å². The van der Waals surface area contributed by atoms with Crippen LogP contribution in [0.15, 0.2) is 73.2 Å². The Balaban J connectivity index is 1.75. The Bertz CT molecular complexity index is 1190. The SMILES string of the molecule is CC(=O)Nc1ccc(-c2cccc(-c3cccc(-c4c[nH]cn4)c3)c2O)cc1F. The molecule has 0 saturated carbocycles. The number of anilines is 1. The van der Waals surface area contributed by atoms with Crippen LogP contribution < -0.4 is 5.32 Å². The first-order chi connectivity index (χ1) is 14.0. The zero-order valence-corrected chi connectivity index (χ0v) is 15.6. The van der Waals surface area contributed by atoms with Crippen molar-refractivity contribution in [2.45, 2.75) is 6.92 Å². The van der Waals surface area contributed by atoms with Crippen LogP contribution in [0.3, 0.4) is 0 Å². The predicted molar refractivity (Wildman–Crippen MR) is 111 cm³/mol. The van der Waals surface area contributed by atoms with E-state index < -0.39 is 5.82 Å². The maximum absolute atomic E-state index is 14.4. The van der Waals surface area contributed by atoms with E-state index in [-0.39, 0.29) is 17.3 Å². The smallest absolute Gasteiger partial charge is 0.221 e. The highest BCUT2D eigenvalue weighted by atomic mass is 19.1. The van der Waals surface area contributed by atoms with E-state index in [0.29, 0.717) is 16.7 Å². The summed E-state index contributed by atoms with van der Waals surface area (Å²) < 4.78 is 14.4. The highest BCUT2D eigenvalue weighted by Crippen LogP contribution is 2.39. The first-order valence-corrected chi connectivity index (χ1v) is 9.02. The van der Waals surface area contributed by atoms with E-state index in [9.17, 15) is 14.3 Å². The predicted octanol–water partition coefficient (Wildman–Crippen LogP) is 5.21. The van der Waals surface area contributed by atoms with Crippen molar-refractivity contribution in [1.82, 2.24) is 9.97 Å². The van der Waals surface area contributed by atoms with E-state index in [0.717, 1.165) is 16.8 Å². The van der Waals surface area contributed by atoms with Crippen LogP contribution in [0.25, 0.3) is 33.5 Å². The minimum atomic E-state index is -0.567. The van der Waals surface area contributed by atoms with Gasteiger partial charge in [-0.05, 0) is 29.3 Å². The fourth-order valence-corrected chi connectivity index (χ4v) is 3.25. The third kappa shape index (κ3) is 3.73. The minimum Gasteiger partial charge on any atom is -0.507 e. The van der Waals surface area contributed by atoms with Gasteiger partial charge in [0.2, 0.25) is 5.91 Å². The van der Waals surface area contributed by atoms with Crippen molar-refractivity contribution in [3.8, 4) is 39.3 Å². The number of hydrogen-bond acceptors (Lipinski definition) is 3. The van der Waals surface area contributed by atoms with Gasteiger partial charge in [-0.25, -0.2) is 9.37 Å². The molecule has 4 aromatic rings. The number of phenols is 1. The van der Waals surface area contributed by atoms with Crippen LogP contribution in [0.4, 0.5) is 10.1 Å². The van der Waals surface area contributed by atoms with Crippen molar-refractivity contribution in [3.63, 3.8) is 0 Å². The van der Waals surface area contributed by atoms with Gasteiger partial charge in [0.05, 0.1) is 17.7 Å². The number of nitrogens with one attached hydrogen (secondary N) is 2. The first-order valence-electron chi connectivity index (χ1n) is 9.02. The van der Waals surface area contributed by atoms with Gasteiger partial charge >= 0.3 is 0 Å². The molecule has 1 amide bonds. The summed E-state index contributed by atoms with van der Waals surface area (Å²) >= 11 is 0. The molecule has 29 heavy (non-hydrogen) atoms. The van der Waals surface area contributed by atoms with Crippen LogP contribution in [0.5, 0.6) is 5.75 Å². The van der Waals surface area contributed by atoms with Gasteiger partial charge in [0.1, 0.15) is 11.6 Å². The zero-order valence-electron chi connectivity index (χ0n) is 15.6. The normalized spacial score (nSPS) is 10.7. The van der Waals surface area contributed by atoms with Gasteiger partial charge in [0.25, 0.3) is 0 Å². The molecule has 0 fully saturated rings. The number of amides is 1. The number of aromatic amines is 1. The Labute approximate surface area is 166 Å². The third-order valence-electron chi connectivity index (χ3n) is 4.59. The lowest BCUT2D eigenvalue weighted by Gasteiger charge is -2.12. The number of imidazole rings is 1. The van der Waals surface area contributed by atoms with E-state index in [2.05, 4.69) is 15.3 Å². The number of carbonyl (C=O) groups is 1. The summed E-state index contributed by atoms with van der Waals surface area (Å²) in [6.45, 7) is 1.32. The number of carbonyl (C=O) groups excluding carboxylic acids is 1. The molecule has 0 saturated heterocycles. The van der Waals surface area contributed by atoms with Crippen LogP contribution in [0.2, 0.25) is 0 Å². The Hall–Kier alpha value is -3.93. The fraction of sp³-hybridized carbons (Fsp3) is 0.0435. The quantitative estimate of drug-likeness (QED) is 0.450. The number of rotatable bonds is 4. The molecule has 1 heterocycles. The zero-order chi connectivity index (χ0) is 20.4. The molecule has 5 nitrogen and oxygen atoms in total. The van der Waals surface area contributed by atoms with Gasteiger partial charge < -0.3 is 15.4 Å². The van der Waals surface area contributed by atoms with Gasteiger partial charge in [-0.1, -0.05) is 42.5 Å². The van der Waals surface area contributed by atoms with Crippen molar-refractivity contribution in [1.29, 1.82) is 0 Å². The lowest BCUT2D eigenvalue weighted by Crippen LogP contribution is -2.07. The number of nitrogens with zero attached hydrogens (tertiary/aromatic N) is 1. The average Bonchev–Trinajstić information content (AvgIpc) is 3.24. The molecule has 0 unspecified atom stereocenters. The summed E-state index contributed by atoms with van der Waals surface area (Å²) in [5.74, 6) is -0.861. The van der Waals surface area contributed by atoms with Crippen molar-refractivity contribution in [3.05, 3.63) is 79.0 Å². The van der Waals surface area contributed by atoms with E-state index in [4.69, 9.17) is 0 Å². The number of benzene rings is 3. The molecule has 3 aromatic carbocycles. The second kappa shape index (κ2) is 7.59. The number of aromatic nitrogens is 2. The molecule has 3 N–H and O–H groups in total. The van der Waals surface area contributed by atoms with Crippen LogP contribution in [0.1, 0.15) is 6.92 Å². The average molecular weight is 387 g/mol. The molecule has 4 rings (SSSR count). The van der Waals surface area contributed by atoms with Crippen molar-refractivity contribution in [2.75, 3.05) is 5.32 Å². The van der Waals surface area contributed by atoms with Crippen LogP contribution in [-0.2, 0) is 4.79 Å². The summed E-state index contributed by atoms with van der Waals surface area (Å²) in [5.41, 5.74) is 4.28. The molecule has 0 radical (unpaired) electrons. The fourth-order valence-electron chi connectivity index (χ4n) is 3.25. The van der Waals surface area contributed by atoms with Gasteiger partial charge in [-0.2, -0.15) is 0 Å². The van der Waals surface area contributed by atoms with Gasteiger partial charge in [-0.15, -0.1) is 0 Å². The summed E-state index contributed by atoms with van der Waals surface area (Å²) in [5, 5.41) is 13.3. The number of hydrogen-bond donors (Lipinski definition) is 3. The Morgan fingerprint density at radius 1 is 1.00 bits per heavy atom. The highest BCUT2D eigenvalue weighted by Gasteiger charge is 2.14. The van der Waals surface area contributed by atoms with Crippen molar-refractivity contribution < 1.29 is 14.3 Å². The first kappa shape index (κ1) is 18.4. The maximum atomic E-state index is 14.4. The lowest BCUT2D eigenvalue weighted by molar-refractivity contribution is -0.114. The standard InChI is InChI=1S/C23H18FN3O2/c1-14(28)27-21-9-8-16(11-20(21)24)19-7-3-6-18(23(19)29)15-4-2-5-17(10-15)22-12-25-13-26-22/h2-13,29H,1H3,(H,25,26)(H,27,28). The third-order valence-corrected chi connectivity index (χ3v) is 4.59. The minimum absolute atomic E-state index is 0.0540. The van der Waals surface area contributed by atoms with Crippen LogP contribution in [-0.4, -0.2) is 21.0 Å². The lowest BCUT2D eigenvalue weighted by atomic mass is 9.96. The molecule has 0 aliphatic carbocycles. The van der Waals surface area contributed by atoms with E-state index in [1.165, 1.54) is 19.1 Å². The molecule has 6 heteroatoms. The highest BCUT2D eigenvalue weighted by molar-refractivity contribution is 5.90. The second-order valence-corrected chi connectivity index (χ2v) is 6.61. The van der Waals surface area contributed by atoms with Gasteiger partial charge in [0, 0.05) is 29.8 Å². The molecule has 0 bridgehead atoms. The number of para-hydroxylation sites is 1. The molecule has 0 atom stereocenters. The number of H-pyrrole nitrogens is 1. The topological polar surface area (TPSA) is 78.0 Å². The largest absolute Gasteiger partial charge is 0.507 e. The van der Waals surface area contributed by atoms with E-state index in [1.54, 1.807) is 24.7 Å². The van der Waals surface area contributed by atoms with Crippen molar-refractivity contribution in [2.24, 2.45) is 0 Å². The summed E-state index contributed by atoms with van der Waals surface area (Å²) in [6.07, 6.45) is 3.41. The Morgan fingerprint density at radius 2 is 1.69 bits per heavy atom. The summed E-state index contributed by atoms with van der Waals surface area (Å²) in [6, 6.07) is 17.5. The Morgan fingerprint density at radius 3 is 2.34 bits per heavy atom. The second-order valence-electron chi connectivity index (χ2n) is 6.61.